The van der Waals surface area contributed by atoms with Crippen LogP contribution in [0.4, 0.5) is 5.69 Å². The van der Waals surface area contributed by atoms with Crippen molar-refractivity contribution >= 4 is 21.6 Å². The molecular formula is C9H9N3O3S. The van der Waals surface area contributed by atoms with Gasteiger partial charge in [-0.05, 0) is 24.3 Å². The van der Waals surface area contributed by atoms with Gasteiger partial charge in [-0.3, -0.25) is 4.79 Å². The average molecular weight is 239 g/mol. The van der Waals surface area contributed by atoms with Crippen molar-refractivity contribution in [2.24, 2.45) is 5.14 Å². The van der Waals surface area contributed by atoms with Crippen LogP contribution in [0.2, 0.25) is 0 Å². The first-order valence-corrected chi connectivity index (χ1v) is 5.74. The topological polar surface area (TPSA) is 93.6 Å². The number of hydrogen-bond acceptors (Lipinski definition) is 3. The summed E-state index contributed by atoms with van der Waals surface area (Å²) >= 11 is 0. The lowest BCUT2D eigenvalue weighted by atomic mass is 10.3. The number of carbonyl (C=O) groups excluding carboxylic acids is 1. The average Bonchev–Trinajstić information content (AvgIpc) is 2.17. The summed E-state index contributed by atoms with van der Waals surface area (Å²) in [6.45, 7) is 6.22. The molecule has 84 valence electrons. The minimum Gasteiger partial charge on any atom is -0.320 e. The lowest BCUT2D eigenvalue weighted by molar-refractivity contribution is -0.114. The molecule has 1 aromatic rings. The van der Waals surface area contributed by atoms with Crippen LogP contribution in [0, 0.1) is 6.57 Å². The van der Waals surface area contributed by atoms with Crippen molar-refractivity contribution in [2.45, 2.75) is 4.90 Å². The molecular weight excluding hydrogens is 230 g/mol. The van der Waals surface area contributed by atoms with Gasteiger partial charge in [0.2, 0.25) is 10.0 Å². The number of rotatable bonds is 3. The van der Waals surface area contributed by atoms with Crippen molar-refractivity contribution < 1.29 is 13.2 Å². The van der Waals surface area contributed by atoms with E-state index in [1.807, 2.05) is 0 Å². The van der Waals surface area contributed by atoms with E-state index in [-0.39, 0.29) is 11.4 Å². The molecule has 0 aliphatic carbocycles. The van der Waals surface area contributed by atoms with E-state index >= 15 is 0 Å². The highest BCUT2D eigenvalue weighted by molar-refractivity contribution is 7.89. The highest BCUT2D eigenvalue weighted by Crippen LogP contribution is 2.12. The van der Waals surface area contributed by atoms with Crippen LogP contribution in [0.3, 0.4) is 0 Å². The molecule has 16 heavy (non-hydrogen) atoms. The molecule has 0 heterocycles. The number of hydrogen-bond donors (Lipinski definition) is 2. The van der Waals surface area contributed by atoms with E-state index in [4.69, 9.17) is 11.7 Å². The fraction of sp³-hybridized carbons (Fsp3) is 0.111. The summed E-state index contributed by atoms with van der Waals surface area (Å²) in [6.07, 6.45) is 0. The first-order chi connectivity index (χ1) is 7.43. The Hall–Kier alpha value is -1.91. The maximum absolute atomic E-state index is 11.0. The number of carbonyl (C=O) groups is 1. The maximum Gasteiger partial charge on any atom is 0.304 e. The molecule has 0 saturated heterocycles. The van der Waals surface area contributed by atoms with Crippen LogP contribution in [0.1, 0.15) is 0 Å². The van der Waals surface area contributed by atoms with E-state index < -0.39 is 15.9 Å². The molecule has 0 fully saturated rings. The second kappa shape index (κ2) is 4.74. The van der Waals surface area contributed by atoms with Crippen molar-refractivity contribution in [3.63, 3.8) is 0 Å². The van der Waals surface area contributed by atoms with E-state index in [1.165, 1.54) is 24.3 Å². The molecule has 3 N–H and O–H groups in total. The smallest absolute Gasteiger partial charge is 0.304 e. The molecule has 0 unspecified atom stereocenters. The zero-order chi connectivity index (χ0) is 12.2. The minimum absolute atomic E-state index is 0.0318. The van der Waals surface area contributed by atoms with Gasteiger partial charge < -0.3 is 10.2 Å². The number of nitrogens with one attached hydrogen (secondary N) is 1. The zero-order valence-corrected chi connectivity index (χ0v) is 8.99. The first kappa shape index (κ1) is 12.2. The molecule has 0 aliphatic heterocycles. The third-order valence-electron chi connectivity index (χ3n) is 1.69. The standard InChI is InChI=1S/C9H9N3O3S/c1-11-6-9(13)12-7-2-4-8(5-3-7)16(10,14)15/h2-5H,6H2,(H,12,13)(H2,10,14,15). The minimum atomic E-state index is -3.72. The van der Waals surface area contributed by atoms with Gasteiger partial charge in [0.1, 0.15) is 0 Å². The van der Waals surface area contributed by atoms with E-state index in [1.54, 1.807) is 0 Å². The van der Waals surface area contributed by atoms with Gasteiger partial charge in [-0.15, -0.1) is 0 Å². The molecule has 1 aromatic carbocycles. The molecule has 0 aliphatic rings. The Morgan fingerprint density at radius 3 is 2.38 bits per heavy atom. The van der Waals surface area contributed by atoms with Crippen LogP contribution in [0.15, 0.2) is 29.2 Å². The van der Waals surface area contributed by atoms with Crippen LogP contribution >= 0.6 is 0 Å². The number of benzene rings is 1. The Morgan fingerprint density at radius 2 is 1.94 bits per heavy atom. The van der Waals surface area contributed by atoms with E-state index in [9.17, 15) is 13.2 Å². The molecule has 0 aromatic heterocycles. The Labute approximate surface area is 92.9 Å². The number of sulfonamides is 1. The fourth-order valence-electron chi connectivity index (χ4n) is 1.00. The molecule has 1 rings (SSSR count). The second-order valence-electron chi connectivity index (χ2n) is 2.93. The quantitative estimate of drug-likeness (QED) is 0.737. The summed E-state index contributed by atoms with van der Waals surface area (Å²) < 4.78 is 21.8. The molecule has 0 spiro atoms. The predicted octanol–water partition coefficient (Wildman–Crippen LogP) is 0.192. The van der Waals surface area contributed by atoms with Gasteiger partial charge in [-0.2, -0.15) is 0 Å². The summed E-state index contributed by atoms with van der Waals surface area (Å²) in [5.41, 5.74) is 0.418. The molecule has 7 heteroatoms. The SMILES string of the molecule is [C-]#[N+]CC(=O)Nc1ccc(S(N)(=O)=O)cc1. The predicted molar refractivity (Wildman–Crippen MR) is 57.9 cm³/mol. The lowest BCUT2D eigenvalue weighted by Gasteiger charge is -2.02. The van der Waals surface area contributed by atoms with Gasteiger partial charge in [0, 0.05) is 5.69 Å². The van der Waals surface area contributed by atoms with Crippen molar-refractivity contribution in [2.75, 3.05) is 11.9 Å². The first-order valence-electron chi connectivity index (χ1n) is 4.19. The van der Waals surface area contributed by atoms with Gasteiger partial charge in [-0.25, -0.2) is 20.1 Å². The van der Waals surface area contributed by atoms with Crippen molar-refractivity contribution in [1.82, 2.24) is 0 Å². The molecule has 0 atom stereocenters. The Kier molecular flexibility index (Phi) is 3.60. The van der Waals surface area contributed by atoms with Crippen LogP contribution in [0.5, 0.6) is 0 Å². The molecule has 1 amide bonds. The largest absolute Gasteiger partial charge is 0.320 e. The Morgan fingerprint density at radius 1 is 1.38 bits per heavy atom. The van der Waals surface area contributed by atoms with Gasteiger partial charge >= 0.3 is 5.91 Å². The van der Waals surface area contributed by atoms with Crippen LogP contribution in [-0.4, -0.2) is 20.9 Å². The monoisotopic (exact) mass is 239 g/mol. The third-order valence-corrected chi connectivity index (χ3v) is 2.62. The number of primary sulfonamides is 1. The van der Waals surface area contributed by atoms with Crippen LogP contribution in [-0.2, 0) is 14.8 Å². The Bertz CT molecular complexity index is 528. The fourth-order valence-corrected chi connectivity index (χ4v) is 1.52. The number of amides is 1. The van der Waals surface area contributed by atoms with E-state index in [0.717, 1.165) is 0 Å². The summed E-state index contributed by atoms with van der Waals surface area (Å²) in [5, 5.41) is 7.33. The highest BCUT2D eigenvalue weighted by Gasteiger charge is 2.08. The third kappa shape index (κ3) is 3.34. The zero-order valence-electron chi connectivity index (χ0n) is 8.17. The molecule has 0 saturated carbocycles. The highest BCUT2D eigenvalue weighted by atomic mass is 32.2. The van der Waals surface area contributed by atoms with Gasteiger partial charge in [0.05, 0.1) is 4.90 Å². The lowest BCUT2D eigenvalue weighted by Crippen LogP contribution is -2.14. The summed E-state index contributed by atoms with van der Waals surface area (Å²) in [5.74, 6) is -0.446. The Balaban J connectivity index is 2.81. The number of anilines is 1. The summed E-state index contributed by atoms with van der Waals surface area (Å²) in [7, 11) is -3.72. The number of nitrogens with zero attached hydrogens (tertiary/aromatic N) is 1. The van der Waals surface area contributed by atoms with E-state index in [0.29, 0.717) is 5.69 Å². The van der Waals surface area contributed by atoms with Gasteiger partial charge in [0.15, 0.2) is 0 Å². The normalized spacial score (nSPS) is 10.5. The van der Waals surface area contributed by atoms with Crippen LogP contribution < -0.4 is 10.5 Å². The van der Waals surface area contributed by atoms with Crippen molar-refractivity contribution in [3.05, 3.63) is 35.7 Å². The van der Waals surface area contributed by atoms with E-state index in [2.05, 4.69) is 10.2 Å². The van der Waals surface area contributed by atoms with Crippen molar-refractivity contribution in [3.8, 4) is 0 Å². The summed E-state index contributed by atoms with van der Waals surface area (Å²) in [4.78, 5) is 13.9. The second-order valence-corrected chi connectivity index (χ2v) is 4.50. The maximum atomic E-state index is 11.0. The van der Waals surface area contributed by atoms with Gasteiger partial charge in [0.25, 0.3) is 6.54 Å². The van der Waals surface area contributed by atoms with Crippen molar-refractivity contribution in [1.29, 1.82) is 0 Å². The van der Waals surface area contributed by atoms with Crippen LogP contribution in [0.25, 0.3) is 4.85 Å². The molecule has 6 nitrogen and oxygen atoms in total. The summed E-state index contributed by atoms with van der Waals surface area (Å²) in [6, 6.07) is 5.37. The van der Waals surface area contributed by atoms with Gasteiger partial charge in [-0.1, -0.05) is 0 Å². The number of nitrogens with two attached hydrogens (primary N) is 1. The molecule has 0 bridgehead atoms. The molecule has 0 radical (unpaired) electrons.